The molecule has 1 aromatic carbocycles. The molecule has 1 heterocycles. The zero-order valence-corrected chi connectivity index (χ0v) is 10.7. The zero-order chi connectivity index (χ0) is 12.8. The molecule has 0 unspecified atom stereocenters. The van der Waals surface area contributed by atoms with Crippen LogP contribution in [0.3, 0.4) is 0 Å². The lowest BCUT2D eigenvalue weighted by Gasteiger charge is -2.07. The van der Waals surface area contributed by atoms with Gasteiger partial charge in [-0.15, -0.1) is 0 Å². The molecule has 0 aliphatic heterocycles. The van der Waals surface area contributed by atoms with Gasteiger partial charge in [-0.05, 0) is 31.2 Å². The maximum atomic E-state index is 5.65. The van der Waals surface area contributed by atoms with E-state index in [4.69, 9.17) is 21.1 Å². The molecule has 2 aromatic rings. The second kappa shape index (κ2) is 6.21. The lowest BCUT2D eigenvalue weighted by Crippen LogP contribution is -1.99. The van der Waals surface area contributed by atoms with Gasteiger partial charge in [0.05, 0.1) is 24.7 Å². The molecule has 0 saturated heterocycles. The standard InChI is InChI=1S/C13H13ClN2O2/c1-2-17-11-3-5-12(6-4-11)18-9-10-7-16-13(14)8-15-10/h3-8H,2,9H2,1H3. The highest BCUT2D eigenvalue weighted by Gasteiger charge is 1.99. The maximum Gasteiger partial charge on any atom is 0.147 e. The Hall–Kier alpha value is -1.81. The van der Waals surface area contributed by atoms with E-state index < -0.39 is 0 Å². The molecule has 0 atom stereocenters. The van der Waals surface area contributed by atoms with Crippen molar-refractivity contribution < 1.29 is 9.47 Å². The van der Waals surface area contributed by atoms with E-state index in [1.807, 2.05) is 31.2 Å². The average Bonchev–Trinajstić information content (AvgIpc) is 2.40. The summed E-state index contributed by atoms with van der Waals surface area (Å²) in [6.07, 6.45) is 3.09. The fourth-order valence-corrected chi connectivity index (χ4v) is 1.47. The normalized spacial score (nSPS) is 10.1. The van der Waals surface area contributed by atoms with Crippen LogP contribution in [0.2, 0.25) is 5.15 Å². The number of nitrogens with zero attached hydrogens (tertiary/aromatic N) is 2. The Morgan fingerprint density at radius 2 is 1.67 bits per heavy atom. The summed E-state index contributed by atoms with van der Waals surface area (Å²) in [5.74, 6) is 1.59. The second-order valence-corrected chi connectivity index (χ2v) is 3.91. The number of hydrogen-bond donors (Lipinski definition) is 0. The van der Waals surface area contributed by atoms with Gasteiger partial charge in [0, 0.05) is 0 Å². The van der Waals surface area contributed by atoms with Crippen LogP contribution < -0.4 is 9.47 Å². The molecule has 0 radical (unpaired) electrons. The van der Waals surface area contributed by atoms with E-state index in [9.17, 15) is 0 Å². The summed E-state index contributed by atoms with van der Waals surface area (Å²) in [4.78, 5) is 8.03. The minimum absolute atomic E-state index is 0.359. The fourth-order valence-electron chi connectivity index (χ4n) is 1.37. The molecule has 18 heavy (non-hydrogen) atoms. The minimum atomic E-state index is 0.359. The van der Waals surface area contributed by atoms with Gasteiger partial charge >= 0.3 is 0 Å². The molecule has 1 aromatic heterocycles. The molecular weight excluding hydrogens is 252 g/mol. The first kappa shape index (κ1) is 12.6. The Balaban J connectivity index is 1.91. The van der Waals surface area contributed by atoms with Gasteiger partial charge in [-0.3, -0.25) is 4.98 Å². The SMILES string of the molecule is CCOc1ccc(OCc2cnc(Cl)cn2)cc1. The summed E-state index contributed by atoms with van der Waals surface area (Å²) < 4.78 is 10.9. The third-order valence-corrected chi connectivity index (χ3v) is 2.39. The van der Waals surface area contributed by atoms with Crippen molar-refractivity contribution in [1.82, 2.24) is 9.97 Å². The van der Waals surface area contributed by atoms with E-state index >= 15 is 0 Å². The maximum absolute atomic E-state index is 5.65. The predicted molar refractivity (Wildman–Crippen MR) is 69.0 cm³/mol. The molecule has 0 aliphatic carbocycles. The van der Waals surface area contributed by atoms with Gasteiger partial charge < -0.3 is 9.47 Å². The molecule has 0 amide bonds. The Morgan fingerprint density at radius 1 is 1.00 bits per heavy atom. The third-order valence-electron chi connectivity index (χ3n) is 2.20. The van der Waals surface area contributed by atoms with E-state index in [0.717, 1.165) is 17.2 Å². The number of ether oxygens (including phenoxy) is 2. The monoisotopic (exact) mass is 264 g/mol. The summed E-state index contributed by atoms with van der Waals surface area (Å²) >= 11 is 5.65. The highest BCUT2D eigenvalue weighted by Crippen LogP contribution is 2.18. The van der Waals surface area contributed by atoms with E-state index in [-0.39, 0.29) is 0 Å². The highest BCUT2D eigenvalue weighted by molar-refractivity contribution is 6.29. The quantitative estimate of drug-likeness (QED) is 0.832. The average molecular weight is 265 g/mol. The molecule has 0 aliphatic rings. The summed E-state index contributed by atoms with van der Waals surface area (Å²) in [7, 11) is 0. The van der Waals surface area contributed by atoms with Crippen molar-refractivity contribution in [2.45, 2.75) is 13.5 Å². The van der Waals surface area contributed by atoms with Crippen LogP contribution in [0, 0.1) is 0 Å². The van der Waals surface area contributed by atoms with Gasteiger partial charge in [-0.2, -0.15) is 0 Å². The highest BCUT2D eigenvalue weighted by atomic mass is 35.5. The second-order valence-electron chi connectivity index (χ2n) is 3.52. The molecule has 0 saturated carbocycles. The van der Waals surface area contributed by atoms with Gasteiger partial charge in [-0.1, -0.05) is 11.6 Å². The molecule has 0 N–H and O–H groups in total. The Bertz CT molecular complexity index is 485. The van der Waals surface area contributed by atoms with Crippen LogP contribution in [0.15, 0.2) is 36.7 Å². The van der Waals surface area contributed by atoms with Crippen LogP contribution in [-0.4, -0.2) is 16.6 Å². The number of hydrogen-bond acceptors (Lipinski definition) is 4. The molecule has 0 bridgehead atoms. The fraction of sp³-hybridized carbons (Fsp3) is 0.231. The van der Waals surface area contributed by atoms with Gasteiger partial charge in [0.1, 0.15) is 23.3 Å². The van der Waals surface area contributed by atoms with Crippen molar-refractivity contribution in [3.8, 4) is 11.5 Å². The molecular formula is C13H13ClN2O2. The van der Waals surface area contributed by atoms with Gasteiger partial charge in [0.25, 0.3) is 0 Å². The largest absolute Gasteiger partial charge is 0.494 e. The summed E-state index contributed by atoms with van der Waals surface area (Å²) in [5.41, 5.74) is 0.730. The minimum Gasteiger partial charge on any atom is -0.494 e. The number of rotatable bonds is 5. The summed E-state index contributed by atoms with van der Waals surface area (Å²) in [5, 5.41) is 0.375. The van der Waals surface area contributed by atoms with Crippen LogP contribution in [0.5, 0.6) is 11.5 Å². The molecule has 5 heteroatoms. The molecule has 2 rings (SSSR count). The van der Waals surface area contributed by atoms with Gasteiger partial charge in [-0.25, -0.2) is 4.98 Å². The van der Waals surface area contributed by atoms with Crippen LogP contribution in [0.1, 0.15) is 12.6 Å². The van der Waals surface area contributed by atoms with Crippen molar-refractivity contribution in [3.63, 3.8) is 0 Å². The molecule has 0 fully saturated rings. The first-order valence-electron chi connectivity index (χ1n) is 5.60. The van der Waals surface area contributed by atoms with Crippen molar-refractivity contribution in [3.05, 3.63) is 47.5 Å². The smallest absolute Gasteiger partial charge is 0.147 e. The zero-order valence-electron chi connectivity index (χ0n) is 9.97. The first-order chi connectivity index (χ1) is 8.78. The van der Waals surface area contributed by atoms with Crippen molar-refractivity contribution in [1.29, 1.82) is 0 Å². The Morgan fingerprint density at radius 3 is 2.22 bits per heavy atom. The molecule has 94 valence electrons. The summed E-state index contributed by atoms with van der Waals surface area (Å²) in [6, 6.07) is 7.45. The van der Waals surface area contributed by atoms with E-state index in [2.05, 4.69) is 9.97 Å². The molecule has 4 nitrogen and oxygen atoms in total. The number of halogens is 1. The number of benzene rings is 1. The van der Waals surface area contributed by atoms with Crippen LogP contribution >= 0.6 is 11.6 Å². The van der Waals surface area contributed by atoms with Crippen LogP contribution in [-0.2, 0) is 6.61 Å². The Labute approximate surface area is 111 Å². The van der Waals surface area contributed by atoms with Gasteiger partial charge in [0.15, 0.2) is 0 Å². The van der Waals surface area contributed by atoms with E-state index in [0.29, 0.717) is 18.4 Å². The lowest BCUT2D eigenvalue weighted by atomic mass is 10.3. The van der Waals surface area contributed by atoms with Gasteiger partial charge in [0.2, 0.25) is 0 Å². The third kappa shape index (κ3) is 3.60. The Kier molecular flexibility index (Phi) is 4.36. The van der Waals surface area contributed by atoms with Crippen molar-refractivity contribution in [2.75, 3.05) is 6.61 Å². The van der Waals surface area contributed by atoms with Crippen LogP contribution in [0.4, 0.5) is 0 Å². The van der Waals surface area contributed by atoms with E-state index in [1.165, 1.54) is 6.20 Å². The lowest BCUT2D eigenvalue weighted by molar-refractivity contribution is 0.299. The topological polar surface area (TPSA) is 44.2 Å². The number of aromatic nitrogens is 2. The summed E-state index contributed by atoms with van der Waals surface area (Å²) in [6.45, 7) is 2.96. The van der Waals surface area contributed by atoms with E-state index in [1.54, 1.807) is 6.20 Å². The molecule has 0 spiro atoms. The van der Waals surface area contributed by atoms with Crippen molar-refractivity contribution >= 4 is 11.6 Å². The van der Waals surface area contributed by atoms with Crippen LogP contribution in [0.25, 0.3) is 0 Å². The first-order valence-corrected chi connectivity index (χ1v) is 5.98. The van der Waals surface area contributed by atoms with Crippen molar-refractivity contribution in [2.24, 2.45) is 0 Å². The predicted octanol–water partition coefficient (Wildman–Crippen LogP) is 3.11.